The predicted octanol–water partition coefficient (Wildman–Crippen LogP) is 1.79. The molecule has 1 heterocycles. The molecule has 3 rings (SSSR count). The van der Waals surface area contributed by atoms with E-state index in [1.165, 1.54) is 6.07 Å². The second-order valence-electron chi connectivity index (χ2n) is 4.87. The minimum absolute atomic E-state index is 0.0292. The third-order valence-corrected chi connectivity index (χ3v) is 3.42. The molecular weight excluding hydrogens is 270 g/mol. The van der Waals surface area contributed by atoms with Crippen molar-refractivity contribution in [2.24, 2.45) is 0 Å². The Morgan fingerprint density at radius 3 is 2.71 bits per heavy atom. The van der Waals surface area contributed by atoms with E-state index in [4.69, 9.17) is 4.74 Å². The van der Waals surface area contributed by atoms with E-state index in [0.29, 0.717) is 16.8 Å². The first-order chi connectivity index (χ1) is 10.2. The number of ether oxygens (including phenoxy) is 1. The van der Waals surface area contributed by atoms with Gasteiger partial charge in [0.2, 0.25) is 0 Å². The zero-order valence-electron chi connectivity index (χ0n) is 11.2. The fourth-order valence-corrected chi connectivity index (χ4v) is 2.32. The van der Waals surface area contributed by atoms with Gasteiger partial charge in [0.05, 0.1) is 18.3 Å². The predicted molar refractivity (Wildman–Crippen MR) is 78.0 cm³/mol. The number of aliphatic hydroxyl groups excluding tert-OH is 1. The number of rotatable bonds is 3. The Morgan fingerprint density at radius 1 is 1.24 bits per heavy atom. The molecule has 5 heteroatoms. The summed E-state index contributed by atoms with van der Waals surface area (Å²) < 4.78 is 5.46. The molecule has 3 N–H and O–H groups in total. The van der Waals surface area contributed by atoms with E-state index >= 15 is 0 Å². The van der Waals surface area contributed by atoms with Crippen molar-refractivity contribution >= 4 is 11.5 Å². The molecule has 0 fully saturated rings. The van der Waals surface area contributed by atoms with E-state index < -0.39 is 0 Å². The summed E-state index contributed by atoms with van der Waals surface area (Å²) in [6, 6.07) is 11.6. The first kappa shape index (κ1) is 13.5. The number of hydrogen-bond donors (Lipinski definition) is 3. The summed E-state index contributed by atoms with van der Waals surface area (Å²) in [4.78, 5) is 12.6. The number of nitrogens with one attached hydrogen (secondary N) is 1. The molecule has 0 amide bonds. The minimum atomic E-state index is -0.304. The highest BCUT2D eigenvalue weighted by atomic mass is 16.5. The SMILES string of the molecule is O=C(c1ccccc1)c1ccc(O)c2c1N[C@@H](CO)CO2. The van der Waals surface area contributed by atoms with Crippen LogP contribution in [0.15, 0.2) is 42.5 Å². The number of anilines is 1. The number of aliphatic hydroxyl groups is 1. The van der Waals surface area contributed by atoms with Crippen molar-refractivity contribution in [3.05, 3.63) is 53.6 Å². The van der Waals surface area contributed by atoms with Gasteiger partial charge in [0.1, 0.15) is 6.61 Å². The zero-order valence-corrected chi connectivity index (χ0v) is 11.2. The molecule has 1 atom stereocenters. The number of ketones is 1. The first-order valence-electron chi connectivity index (χ1n) is 6.66. The fourth-order valence-electron chi connectivity index (χ4n) is 2.32. The zero-order chi connectivity index (χ0) is 14.8. The van der Waals surface area contributed by atoms with Gasteiger partial charge in [-0.15, -0.1) is 0 Å². The van der Waals surface area contributed by atoms with Gasteiger partial charge in [0.15, 0.2) is 17.3 Å². The van der Waals surface area contributed by atoms with E-state index in [2.05, 4.69) is 5.32 Å². The van der Waals surface area contributed by atoms with Gasteiger partial charge in [-0.05, 0) is 12.1 Å². The molecule has 21 heavy (non-hydrogen) atoms. The summed E-state index contributed by atoms with van der Waals surface area (Å²) in [6.07, 6.45) is 0. The summed E-state index contributed by atoms with van der Waals surface area (Å²) in [6.45, 7) is 0.119. The highest BCUT2D eigenvalue weighted by molar-refractivity contribution is 6.13. The molecular formula is C16H15NO4. The Morgan fingerprint density at radius 2 is 2.00 bits per heavy atom. The Labute approximate surface area is 121 Å². The van der Waals surface area contributed by atoms with Crippen molar-refractivity contribution < 1.29 is 19.7 Å². The molecule has 0 aliphatic carbocycles. The molecule has 0 radical (unpaired) electrons. The van der Waals surface area contributed by atoms with E-state index in [1.807, 2.05) is 6.07 Å². The first-order valence-corrected chi connectivity index (χ1v) is 6.66. The van der Waals surface area contributed by atoms with Crippen LogP contribution in [-0.2, 0) is 0 Å². The van der Waals surface area contributed by atoms with Crippen molar-refractivity contribution in [1.82, 2.24) is 0 Å². The molecule has 0 bridgehead atoms. The van der Waals surface area contributed by atoms with Gasteiger partial charge in [-0.2, -0.15) is 0 Å². The average molecular weight is 285 g/mol. The van der Waals surface area contributed by atoms with Gasteiger partial charge >= 0.3 is 0 Å². The third-order valence-electron chi connectivity index (χ3n) is 3.42. The number of fused-ring (bicyclic) bond motifs is 1. The third kappa shape index (κ3) is 2.43. The van der Waals surface area contributed by atoms with Crippen LogP contribution in [0, 0.1) is 0 Å². The molecule has 0 aromatic heterocycles. The van der Waals surface area contributed by atoms with Crippen LogP contribution in [0.2, 0.25) is 0 Å². The van der Waals surface area contributed by atoms with E-state index in [1.54, 1.807) is 30.3 Å². The normalized spacial score (nSPS) is 16.5. The monoisotopic (exact) mass is 285 g/mol. The smallest absolute Gasteiger partial charge is 0.195 e. The summed E-state index contributed by atoms with van der Waals surface area (Å²) >= 11 is 0. The Hall–Kier alpha value is -2.53. The van der Waals surface area contributed by atoms with Gasteiger partial charge < -0.3 is 20.3 Å². The van der Waals surface area contributed by atoms with Gasteiger partial charge in [0.25, 0.3) is 0 Å². The Balaban J connectivity index is 2.06. The van der Waals surface area contributed by atoms with Gasteiger partial charge in [0, 0.05) is 11.1 Å². The van der Waals surface area contributed by atoms with E-state index in [0.717, 1.165) is 0 Å². The number of phenolic OH excluding ortho intramolecular Hbond substituents is 1. The van der Waals surface area contributed by atoms with Crippen molar-refractivity contribution in [3.8, 4) is 11.5 Å². The Bertz CT molecular complexity index is 669. The molecule has 1 aliphatic heterocycles. The van der Waals surface area contributed by atoms with Crippen molar-refractivity contribution in [3.63, 3.8) is 0 Å². The lowest BCUT2D eigenvalue weighted by Crippen LogP contribution is -2.35. The van der Waals surface area contributed by atoms with Crippen LogP contribution < -0.4 is 10.1 Å². The lowest BCUT2D eigenvalue weighted by molar-refractivity contribution is 0.103. The summed E-state index contributed by atoms with van der Waals surface area (Å²) in [5.74, 6) is 0.0570. The quantitative estimate of drug-likeness (QED) is 0.749. The van der Waals surface area contributed by atoms with Crippen molar-refractivity contribution in [2.75, 3.05) is 18.5 Å². The maximum atomic E-state index is 12.6. The van der Waals surface area contributed by atoms with E-state index in [-0.39, 0.29) is 36.5 Å². The molecule has 0 unspecified atom stereocenters. The summed E-state index contributed by atoms with van der Waals surface area (Å²) in [5, 5.41) is 22.1. The standard InChI is InChI=1S/C16H15NO4/c18-8-11-9-21-16-13(19)7-6-12(14(16)17-11)15(20)10-4-2-1-3-5-10/h1-7,11,17-19H,8-9H2/t11-/m0/s1. The van der Waals surface area contributed by atoms with Crippen molar-refractivity contribution in [1.29, 1.82) is 0 Å². The summed E-state index contributed by atoms with van der Waals surface area (Å²) in [5.41, 5.74) is 1.39. The molecule has 108 valence electrons. The lowest BCUT2D eigenvalue weighted by atomic mass is 9.99. The highest BCUT2D eigenvalue weighted by Gasteiger charge is 2.26. The van der Waals surface area contributed by atoms with Crippen LogP contribution >= 0.6 is 0 Å². The van der Waals surface area contributed by atoms with Crippen LogP contribution in [0.25, 0.3) is 0 Å². The van der Waals surface area contributed by atoms with Crippen LogP contribution in [0.5, 0.6) is 11.5 Å². The summed E-state index contributed by atoms with van der Waals surface area (Å²) in [7, 11) is 0. The number of carbonyl (C=O) groups is 1. The number of carbonyl (C=O) groups excluding carboxylic acids is 1. The topological polar surface area (TPSA) is 78.8 Å². The number of aromatic hydroxyl groups is 1. The average Bonchev–Trinajstić information content (AvgIpc) is 2.55. The molecule has 5 nitrogen and oxygen atoms in total. The van der Waals surface area contributed by atoms with Gasteiger partial charge in [-0.25, -0.2) is 0 Å². The highest BCUT2D eigenvalue weighted by Crippen LogP contribution is 2.40. The van der Waals surface area contributed by atoms with Crippen LogP contribution in [0.3, 0.4) is 0 Å². The number of benzene rings is 2. The second kappa shape index (κ2) is 5.46. The number of hydrogen-bond acceptors (Lipinski definition) is 5. The molecule has 0 spiro atoms. The van der Waals surface area contributed by atoms with Gasteiger partial charge in [-0.3, -0.25) is 4.79 Å². The molecule has 1 aliphatic rings. The molecule has 0 saturated heterocycles. The number of phenols is 1. The molecule has 0 saturated carbocycles. The van der Waals surface area contributed by atoms with Gasteiger partial charge in [-0.1, -0.05) is 30.3 Å². The molecule has 2 aromatic rings. The maximum absolute atomic E-state index is 12.6. The van der Waals surface area contributed by atoms with Crippen molar-refractivity contribution in [2.45, 2.75) is 6.04 Å². The Kier molecular flexibility index (Phi) is 3.50. The largest absolute Gasteiger partial charge is 0.504 e. The van der Waals surface area contributed by atoms with Crippen LogP contribution in [0.1, 0.15) is 15.9 Å². The minimum Gasteiger partial charge on any atom is -0.504 e. The van der Waals surface area contributed by atoms with E-state index in [9.17, 15) is 15.0 Å². The fraction of sp³-hybridized carbons (Fsp3) is 0.188. The van der Waals surface area contributed by atoms with Crippen LogP contribution in [-0.4, -0.2) is 35.3 Å². The van der Waals surface area contributed by atoms with Crippen LogP contribution in [0.4, 0.5) is 5.69 Å². The maximum Gasteiger partial charge on any atom is 0.195 e. The molecule has 2 aromatic carbocycles. The second-order valence-corrected chi connectivity index (χ2v) is 4.87. The lowest BCUT2D eigenvalue weighted by Gasteiger charge is -2.28.